The highest BCUT2D eigenvalue weighted by Crippen LogP contribution is 2.28. The first-order valence-electron chi connectivity index (χ1n) is 7.12. The molecule has 1 atom stereocenters. The number of hydrogen-bond donors (Lipinski definition) is 3. The molecule has 0 saturated heterocycles. The van der Waals surface area contributed by atoms with Crippen LogP contribution < -0.4 is 9.46 Å². The minimum absolute atomic E-state index is 0.0735. The van der Waals surface area contributed by atoms with Gasteiger partial charge in [0, 0.05) is 6.61 Å². The monoisotopic (exact) mass is 351 g/mol. The van der Waals surface area contributed by atoms with Crippen molar-refractivity contribution < 1.29 is 28.2 Å². The number of carboxylic acid groups (broad SMARTS) is 1. The Kier molecular flexibility index (Phi) is 5.91. The quantitative estimate of drug-likeness (QED) is 0.666. The lowest BCUT2D eigenvalue weighted by Crippen LogP contribution is -2.41. The Balaban J connectivity index is 2.32. The van der Waals surface area contributed by atoms with Gasteiger partial charge in [-0.05, 0) is 30.7 Å². The number of hydrogen-bond acceptors (Lipinski definition) is 5. The van der Waals surface area contributed by atoms with Gasteiger partial charge >= 0.3 is 5.97 Å². The molecule has 7 nitrogen and oxygen atoms in total. The van der Waals surface area contributed by atoms with E-state index in [1.165, 1.54) is 18.2 Å². The second-order valence-corrected chi connectivity index (χ2v) is 6.57. The molecule has 0 fully saturated rings. The van der Waals surface area contributed by atoms with Gasteiger partial charge in [0.2, 0.25) is 10.0 Å². The lowest BCUT2D eigenvalue weighted by atomic mass is 10.2. The van der Waals surface area contributed by atoms with Gasteiger partial charge in [0.15, 0.2) is 0 Å². The van der Waals surface area contributed by atoms with Gasteiger partial charge in [-0.1, -0.05) is 30.3 Å². The zero-order valence-corrected chi connectivity index (χ0v) is 13.4. The molecule has 0 radical (unpaired) electrons. The molecule has 128 valence electrons. The molecule has 0 spiro atoms. The van der Waals surface area contributed by atoms with Gasteiger partial charge in [0.1, 0.15) is 22.4 Å². The number of para-hydroxylation sites is 2. The third kappa shape index (κ3) is 4.54. The highest BCUT2D eigenvalue weighted by atomic mass is 32.2. The maximum Gasteiger partial charge on any atom is 0.321 e. The molecule has 0 saturated carbocycles. The number of aliphatic carboxylic acids is 1. The molecule has 0 heterocycles. The molecule has 2 aromatic rings. The van der Waals surface area contributed by atoms with Crippen molar-refractivity contribution in [3.8, 4) is 11.5 Å². The molecule has 24 heavy (non-hydrogen) atoms. The van der Waals surface area contributed by atoms with Crippen LogP contribution in [0.25, 0.3) is 0 Å². The highest BCUT2D eigenvalue weighted by molar-refractivity contribution is 7.89. The number of carbonyl (C=O) groups is 1. The van der Waals surface area contributed by atoms with Crippen LogP contribution in [-0.4, -0.2) is 37.2 Å². The first-order chi connectivity index (χ1) is 11.4. The summed E-state index contributed by atoms with van der Waals surface area (Å²) < 4.78 is 32.6. The van der Waals surface area contributed by atoms with Gasteiger partial charge in [-0.25, -0.2) is 8.42 Å². The molecule has 0 aliphatic rings. The Morgan fingerprint density at radius 2 is 1.71 bits per heavy atom. The predicted octanol–water partition coefficient (Wildman–Crippen LogP) is 1.59. The molecule has 0 unspecified atom stereocenters. The molecular formula is C16H17NO6S. The fourth-order valence-corrected chi connectivity index (χ4v) is 3.34. The van der Waals surface area contributed by atoms with E-state index in [0.29, 0.717) is 5.75 Å². The van der Waals surface area contributed by atoms with Crippen LogP contribution in [0.1, 0.15) is 6.42 Å². The lowest BCUT2D eigenvalue weighted by molar-refractivity contribution is -0.139. The van der Waals surface area contributed by atoms with Crippen molar-refractivity contribution in [1.29, 1.82) is 0 Å². The summed E-state index contributed by atoms with van der Waals surface area (Å²) in [7, 11) is -4.14. The van der Waals surface area contributed by atoms with Gasteiger partial charge in [0.25, 0.3) is 0 Å². The number of nitrogens with one attached hydrogen (secondary N) is 1. The third-order valence-electron chi connectivity index (χ3n) is 3.12. The van der Waals surface area contributed by atoms with E-state index in [1.807, 2.05) is 0 Å². The van der Waals surface area contributed by atoms with Crippen LogP contribution in [0.5, 0.6) is 11.5 Å². The van der Waals surface area contributed by atoms with Crippen molar-refractivity contribution in [2.24, 2.45) is 0 Å². The Hall–Kier alpha value is -2.42. The van der Waals surface area contributed by atoms with E-state index < -0.39 is 28.6 Å². The minimum atomic E-state index is -4.14. The number of sulfonamides is 1. The summed E-state index contributed by atoms with van der Waals surface area (Å²) in [5.74, 6) is -0.844. The van der Waals surface area contributed by atoms with Crippen molar-refractivity contribution in [3.63, 3.8) is 0 Å². The second kappa shape index (κ2) is 7.91. The van der Waals surface area contributed by atoms with E-state index in [-0.39, 0.29) is 17.1 Å². The largest absolute Gasteiger partial charge is 0.480 e. The SMILES string of the molecule is O=C(O)[C@H](CCO)NS(=O)(=O)c1ccccc1Oc1ccccc1. The van der Waals surface area contributed by atoms with Crippen molar-refractivity contribution in [2.45, 2.75) is 17.4 Å². The van der Waals surface area contributed by atoms with Crippen LogP contribution in [0.3, 0.4) is 0 Å². The van der Waals surface area contributed by atoms with Crippen LogP contribution in [-0.2, 0) is 14.8 Å². The molecule has 3 N–H and O–H groups in total. The van der Waals surface area contributed by atoms with Crippen molar-refractivity contribution in [1.82, 2.24) is 4.72 Å². The van der Waals surface area contributed by atoms with Crippen LogP contribution >= 0.6 is 0 Å². The van der Waals surface area contributed by atoms with Crippen LogP contribution in [0.4, 0.5) is 0 Å². The normalized spacial score (nSPS) is 12.5. The molecule has 0 aliphatic heterocycles. The standard InChI is InChI=1S/C16H17NO6S/c18-11-10-13(16(19)20)17-24(21,22)15-9-5-4-8-14(15)23-12-6-2-1-3-7-12/h1-9,13,17-18H,10-11H2,(H,19,20)/t13-/m0/s1. The summed E-state index contributed by atoms with van der Waals surface area (Å²) in [5, 5.41) is 17.9. The third-order valence-corrected chi connectivity index (χ3v) is 4.63. The molecule has 0 aromatic heterocycles. The maximum atomic E-state index is 12.5. The maximum absolute atomic E-state index is 12.5. The average Bonchev–Trinajstić information content (AvgIpc) is 2.55. The minimum Gasteiger partial charge on any atom is -0.480 e. The second-order valence-electron chi connectivity index (χ2n) is 4.89. The van der Waals surface area contributed by atoms with Crippen LogP contribution in [0, 0.1) is 0 Å². The molecular weight excluding hydrogens is 334 g/mol. The number of ether oxygens (including phenoxy) is 1. The van der Waals surface area contributed by atoms with E-state index in [2.05, 4.69) is 4.72 Å². The molecule has 0 bridgehead atoms. The zero-order chi connectivity index (χ0) is 17.6. The Bertz CT molecular complexity index is 791. The van der Waals surface area contributed by atoms with Crippen molar-refractivity contribution in [2.75, 3.05) is 6.61 Å². The molecule has 0 amide bonds. The zero-order valence-electron chi connectivity index (χ0n) is 12.6. The summed E-state index contributed by atoms with van der Waals surface area (Å²) in [5.41, 5.74) is 0. The predicted molar refractivity (Wildman–Crippen MR) is 86.4 cm³/mol. The van der Waals surface area contributed by atoms with E-state index in [4.69, 9.17) is 14.9 Å². The number of benzene rings is 2. The van der Waals surface area contributed by atoms with E-state index >= 15 is 0 Å². The summed E-state index contributed by atoms with van der Waals surface area (Å²) >= 11 is 0. The van der Waals surface area contributed by atoms with Gasteiger partial charge in [-0.3, -0.25) is 4.79 Å². The van der Waals surface area contributed by atoms with E-state index in [9.17, 15) is 13.2 Å². The highest BCUT2D eigenvalue weighted by Gasteiger charge is 2.27. The van der Waals surface area contributed by atoms with Gasteiger partial charge < -0.3 is 14.9 Å². The fourth-order valence-electron chi connectivity index (χ4n) is 1.98. The number of aliphatic hydroxyl groups excluding tert-OH is 1. The summed E-state index contributed by atoms with van der Waals surface area (Å²) in [4.78, 5) is 10.9. The Morgan fingerprint density at radius 3 is 2.33 bits per heavy atom. The molecule has 8 heteroatoms. The van der Waals surface area contributed by atoms with Gasteiger partial charge in [0.05, 0.1) is 0 Å². The van der Waals surface area contributed by atoms with E-state index in [1.54, 1.807) is 36.4 Å². The molecule has 0 aliphatic carbocycles. The van der Waals surface area contributed by atoms with Crippen molar-refractivity contribution >= 4 is 16.0 Å². The number of carboxylic acids is 1. The fraction of sp³-hybridized carbons (Fsp3) is 0.188. The van der Waals surface area contributed by atoms with Gasteiger partial charge in [-0.15, -0.1) is 0 Å². The number of rotatable bonds is 8. The van der Waals surface area contributed by atoms with Gasteiger partial charge in [-0.2, -0.15) is 4.72 Å². The van der Waals surface area contributed by atoms with Crippen molar-refractivity contribution in [3.05, 3.63) is 54.6 Å². The van der Waals surface area contributed by atoms with E-state index in [0.717, 1.165) is 0 Å². The first kappa shape index (κ1) is 17.9. The topological polar surface area (TPSA) is 113 Å². The molecule has 2 rings (SSSR count). The summed E-state index contributed by atoms with van der Waals surface area (Å²) in [6, 6.07) is 13.1. The smallest absolute Gasteiger partial charge is 0.321 e. The average molecular weight is 351 g/mol. The van der Waals surface area contributed by atoms with Crippen LogP contribution in [0.2, 0.25) is 0 Å². The molecule has 2 aromatic carbocycles. The summed E-state index contributed by atoms with van der Waals surface area (Å²) in [6.45, 7) is -0.457. The number of aliphatic hydroxyl groups is 1. The van der Waals surface area contributed by atoms with Crippen LogP contribution in [0.15, 0.2) is 59.5 Å². The Labute approximate surface area is 139 Å². The summed E-state index contributed by atoms with van der Waals surface area (Å²) in [6.07, 6.45) is -0.240. The first-order valence-corrected chi connectivity index (χ1v) is 8.60. The Morgan fingerprint density at radius 1 is 1.08 bits per heavy atom. The lowest BCUT2D eigenvalue weighted by Gasteiger charge is -2.16.